The Morgan fingerprint density at radius 1 is 1.21 bits per heavy atom. The average Bonchev–Trinajstić information content (AvgIpc) is 2.47. The minimum atomic E-state index is -0.221. The van der Waals surface area contributed by atoms with Crippen LogP contribution in [0.15, 0.2) is 24.3 Å². The monoisotopic (exact) mass is 263 g/mol. The molecule has 1 aliphatic carbocycles. The second-order valence-corrected chi connectivity index (χ2v) is 5.28. The van der Waals surface area contributed by atoms with Crippen molar-refractivity contribution in [1.29, 1.82) is 0 Å². The van der Waals surface area contributed by atoms with Crippen LogP contribution in [0.25, 0.3) is 0 Å². The SMILES string of the molecule is CCOC1(C(N)c2ccccc2OC)CCCCC1. The van der Waals surface area contributed by atoms with Gasteiger partial charge in [-0.25, -0.2) is 0 Å². The van der Waals surface area contributed by atoms with Crippen molar-refractivity contribution in [3.05, 3.63) is 29.8 Å². The molecule has 1 unspecified atom stereocenters. The predicted octanol–water partition coefficient (Wildman–Crippen LogP) is 3.43. The van der Waals surface area contributed by atoms with E-state index in [9.17, 15) is 0 Å². The third-order valence-electron chi connectivity index (χ3n) is 4.17. The molecule has 2 rings (SSSR count). The Hall–Kier alpha value is -1.06. The summed E-state index contributed by atoms with van der Waals surface area (Å²) in [4.78, 5) is 0. The number of hydrogen-bond donors (Lipinski definition) is 1. The molecule has 0 amide bonds. The number of benzene rings is 1. The van der Waals surface area contributed by atoms with Crippen LogP contribution in [0.4, 0.5) is 0 Å². The first-order valence-electron chi connectivity index (χ1n) is 7.26. The van der Waals surface area contributed by atoms with Gasteiger partial charge in [-0.3, -0.25) is 0 Å². The molecule has 1 aromatic carbocycles. The van der Waals surface area contributed by atoms with Crippen molar-refractivity contribution < 1.29 is 9.47 Å². The summed E-state index contributed by atoms with van der Waals surface area (Å²) >= 11 is 0. The van der Waals surface area contributed by atoms with Crippen molar-refractivity contribution in [2.45, 2.75) is 50.7 Å². The molecule has 3 nitrogen and oxygen atoms in total. The minimum absolute atomic E-state index is 0.121. The van der Waals surface area contributed by atoms with Gasteiger partial charge in [0.2, 0.25) is 0 Å². The van der Waals surface area contributed by atoms with Crippen LogP contribution in [-0.4, -0.2) is 19.3 Å². The molecule has 1 fully saturated rings. The topological polar surface area (TPSA) is 44.5 Å². The molecule has 0 spiro atoms. The number of hydrogen-bond acceptors (Lipinski definition) is 3. The lowest BCUT2D eigenvalue weighted by Gasteiger charge is -2.42. The molecule has 19 heavy (non-hydrogen) atoms. The maximum absolute atomic E-state index is 6.56. The highest BCUT2D eigenvalue weighted by Gasteiger charge is 2.40. The molecule has 1 atom stereocenters. The first kappa shape index (κ1) is 14.4. The molecule has 1 aromatic rings. The zero-order valence-electron chi connectivity index (χ0n) is 12.0. The highest BCUT2D eigenvalue weighted by Crippen LogP contribution is 2.42. The van der Waals surface area contributed by atoms with Crippen LogP contribution >= 0.6 is 0 Å². The van der Waals surface area contributed by atoms with Crippen LogP contribution in [0.1, 0.15) is 50.6 Å². The molecule has 1 aliphatic rings. The Kier molecular flexibility index (Phi) is 4.83. The standard InChI is InChI=1S/C16H25NO2/c1-3-19-16(11-7-4-8-12-16)15(17)13-9-5-6-10-14(13)18-2/h5-6,9-10,15H,3-4,7-8,11-12,17H2,1-2H3. The predicted molar refractivity (Wildman–Crippen MR) is 77.4 cm³/mol. The van der Waals surface area contributed by atoms with Crippen molar-refractivity contribution in [2.24, 2.45) is 5.73 Å². The molecule has 2 N–H and O–H groups in total. The van der Waals surface area contributed by atoms with Gasteiger partial charge in [-0.1, -0.05) is 37.5 Å². The van der Waals surface area contributed by atoms with Crippen molar-refractivity contribution in [2.75, 3.05) is 13.7 Å². The van der Waals surface area contributed by atoms with Crippen molar-refractivity contribution in [3.63, 3.8) is 0 Å². The minimum Gasteiger partial charge on any atom is -0.496 e. The summed E-state index contributed by atoms with van der Waals surface area (Å²) in [6, 6.07) is 7.89. The van der Waals surface area contributed by atoms with E-state index < -0.39 is 0 Å². The molecule has 1 saturated carbocycles. The fourth-order valence-electron chi connectivity index (χ4n) is 3.19. The molecular weight excluding hydrogens is 238 g/mol. The summed E-state index contributed by atoms with van der Waals surface area (Å²) < 4.78 is 11.6. The van der Waals surface area contributed by atoms with Gasteiger partial charge < -0.3 is 15.2 Å². The van der Waals surface area contributed by atoms with Gasteiger partial charge in [0.05, 0.1) is 18.8 Å². The fourth-order valence-corrected chi connectivity index (χ4v) is 3.19. The van der Waals surface area contributed by atoms with E-state index in [0.717, 1.165) is 24.2 Å². The van der Waals surface area contributed by atoms with E-state index in [1.54, 1.807) is 7.11 Å². The molecule has 0 aliphatic heterocycles. The smallest absolute Gasteiger partial charge is 0.123 e. The van der Waals surface area contributed by atoms with Crippen molar-refractivity contribution in [1.82, 2.24) is 0 Å². The van der Waals surface area contributed by atoms with Gasteiger partial charge in [0.25, 0.3) is 0 Å². The molecular formula is C16H25NO2. The summed E-state index contributed by atoms with van der Waals surface area (Å²) in [6.45, 7) is 2.76. The maximum Gasteiger partial charge on any atom is 0.123 e. The Morgan fingerprint density at radius 2 is 1.89 bits per heavy atom. The van der Waals surface area contributed by atoms with Crippen molar-refractivity contribution >= 4 is 0 Å². The summed E-state index contributed by atoms with van der Waals surface area (Å²) in [5.41, 5.74) is 7.40. The largest absolute Gasteiger partial charge is 0.496 e. The number of rotatable bonds is 5. The molecule has 0 heterocycles. The second kappa shape index (κ2) is 6.40. The number of para-hydroxylation sites is 1. The average molecular weight is 263 g/mol. The summed E-state index contributed by atoms with van der Waals surface area (Å²) in [5.74, 6) is 0.861. The van der Waals surface area contributed by atoms with E-state index in [4.69, 9.17) is 15.2 Å². The van der Waals surface area contributed by atoms with Gasteiger partial charge >= 0.3 is 0 Å². The van der Waals surface area contributed by atoms with Gasteiger partial charge in [-0.15, -0.1) is 0 Å². The molecule has 106 valence electrons. The van der Waals surface area contributed by atoms with Crippen LogP contribution in [0.2, 0.25) is 0 Å². The summed E-state index contributed by atoms with van der Waals surface area (Å²) in [7, 11) is 1.69. The van der Waals surface area contributed by atoms with E-state index in [2.05, 4.69) is 6.07 Å². The van der Waals surface area contributed by atoms with E-state index in [1.807, 2.05) is 25.1 Å². The lowest BCUT2D eigenvalue weighted by Crippen LogP contribution is -2.45. The quantitative estimate of drug-likeness (QED) is 0.885. The van der Waals surface area contributed by atoms with Gasteiger partial charge in [0, 0.05) is 12.2 Å². The van der Waals surface area contributed by atoms with Gasteiger partial charge in [0.15, 0.2) is 0 Å². The summed E-state index contributed by atoms with van der Waals surface area (Å²) in [5, 5.41) is 0. The third kappa shape index (κ3) is 2.93. The molecule has 0 saturated heterocycles. The number of methoxy groups -OCH3 is 1. The number of ether oxygens (including phenoxy) is 2. The Labute approximate surface area is 116 Å². The molecule has 0 aromatic heterocycles. The van der Waals surface area contributed by atoms with E-state index >= 15 is 0 Å². The third-order valence-corrected chi connectivity index (χ3v) is 4.17. The molecule has 3 heteroatoms. The van der Waals surface area contributed by atoms with Gasteiger partial charge in [0.1, 0.15) is 5.75 Å². The Balaban J connectivity index is 2.30. The van der Waals surface area contributed by atoms with Crippen LogP contribution in [0, 0.1) is 0 Å². The number of nitrogens with two attached hydrogens (primary N) is 1. The first-order chi connectivity index (χ1) is 9.23. The second-order valence-electron chi connectivity index (χ2n) is 5.28. The molecule has 0 bridgehead atoms. The highest BCUT2D eigenvalue weighted by molar-refractivity contribution is 5.37. The highest BCUT2D eigenvalue weighted by atomic mass is 16.5. The molecule has 0 radical (unpaired) electrons. The van der Waals surface area contributed by atoms with Crippen LogP contribution < -0.4 is 10.5 Å². The first-order valence-corrected chi connectivity index (χ1v) is 7.26. The van der Waals surface area contributed by atoms with E-state index in [1.165, 1.54) is 19.3 Å². The van der Waals surface area contributed by atoms with E-state index in [-0.39, 0.29) is 11.6 Å². The zero-order valence-corrected chi connectivity index (χ0v) is 12.0. The van der Waals surface area contributed by atoms with E-state index in [0.29, 0.717) is 6.61 Å². The zero-order chi connectivity index (χ0) is 13.7. The normalized spacial score (nSPS) is 19.9. The Bertz CT molecular complexity index is 394. The lowest BCUT2D eigenvalue weighted by molar-refractivity contribution is -0.0834. The Morgan fingerprint density at radius 3 is 2.53 bits per heavy atom. The van der Waals surface area contributed by atoms with Crippen LogP contribution in [0.5, 0.6) is 5.75 Å². The van der Waals surface area contributed by atoms with Gasteiger partial charge in [-0.05, 0) is 25.8 Å². The maximum atomic E-state index is 6.56. The summed E-state index contributed by atoms with van der Waals surface area (Å²) in [6.07, 6.45) is 5.76. The van der Waals surface area contributed by atoms with Crippen molar-refractivity contribution in [3.8, 4) is 5.75 Å². The fraction of sp³-hybridized carbons (Fsp3) is 0.625. The van der Waals surface area contributed by atoms with Crippen LogP contribution in [-0.2, 0) is 4.74 Å². The lowest BCUT2D eigenvalue weighted by atomic mass is 9.77. The van der Waals surface area contributed by atoms with Gasteiger partial charge in [-0.2, -0.15) is 0 Å². The van der Waals surface area contributed by atoms with Crippen LogP contribution in [0.3, 0.4) is 0 Å².